The van der Waals surface area contributed by atoms with E-state index in [1.54, 1.807) is 6.20 Å². The Bertz CT molecular complexity index is 361. The minimum Gasteiger partial charge on any atom is -0.393 e. The highest BCUT2D eigenvalue weighted by molar-refractivity contribution is 7.80. The van der Waals surface area contributed by atoms with Crippen LogP contribution in [-0.2, 0) is 11.3 Å². The van der Waals surface area contributed by atoms with Crippen molar-refractivity contribution in [3.63, 3.8) is 0 Å². The van der Waals surface area contributed by atoms with Crippen LogP contribution in [-0.4, -0.2) is 15.9 Å². The zero-order valence-electron chi connectivity index (χ0n) is 8.49. The average Bonchev–Trinajstić information content (AvgIpc) is 2.16. The van der Waals surface area contributed by atoms with Gasteiger partial charge in [-0.05, 0) is 18.6 Å². The van der Waals surface area contributed by atoms with Crippen LogP contribution in [0.1, 0.15) is 17.7 Å². The molecule has 0 aliphatic carbocycles. The Morgan fingerprint density at radius 1 is 1.60 bits per heavy atom. The van der Waals surface area contributed by atoms with Crippen molar-refractivity contribution in [2.75, 3.05) is 0 Å². The fourth-order valence-corrected chi connectivity index (χ4v) is 1.16. The van der Waals surface area contributed by atoms with E-state index in [-0.39, 0.29) is 17.3 Å². The highest BCUT2D eigenvalue weighted by Gasteiger charge is 2.02. The Hall–Kier alpha value is -1.49. The maximum absolute atomic E-state index is 11.2. The first kappa shape index (κ1) is 11.6. The normalized spacial score (nSPS) is 9.67. The number of nitrogens with two attached hydrogens (primary N) is 1. The van der Waals surface area contributed by atoms with Crippen LogP contribution in [0.3, 0.4) is 0 Å². The van der Waals surface area contributed by atoms with Crippen LogP contribution in [0.4, 0.5) is 0 Å². The molecule has 1 aromatic heterocycles. The molecule has 0 unspecified atom stereocenters. The van der Waals surface area contributed by atoms with Gasteiger partial charge in [-0.3, -0.25) is 9.78 Å². The summed E-state index contributed by atoms with van der Waals surface area (Å²) in [5.74, 6) is -0.164. The van der Waals surface area contributed by atoms with Gasteiger partial charge in [0.15, 0.2) is 0 Å². The SMILES string of the molecule is Cc1ccc(CNC(=O)CC(N)=S)cn1. The monoisotopic (exact) mass is 223 g/mol. The van der Waals surface area contributed by atoms with Gasteiger partial charge in [0.2, 0.25) is 5.91 Å². The third-order valence-corrected chi connectivity index (χ3v) is 1.94. The number of thiocarbonyl (C=S) groups is 1. The summed E-state index contributed by atoms with van der Waals surface area (Å²) in [5, 5.41) is 2.70. The van der Waals surface area contributed by atoms with E-state index in [0.717, 1.165) is 11.3 Å². The lowest BCUT2D eigenvalue weighted by atomic mass is 10.2. The van der Waals surface area contributed by atoms with Gasteiger partial charge in [0.05, 0.1) is 11.4 Å². The molecule has 80 valence electrons. The van der Waals surface area contributed by atoms with Crippen LogP contribution in [0.15, 0.2) is 18.3 Å². The van der Waals surface area contributed by atoms with Crippen molar-refractivity contribution in [3.05, 3.63) is 29.6 Å². The molecule has 0 spiro atoms. The van der Waals surface area contributed by atoms with Gasteiger partial charge in [-0.1, -0.05) is 18.3 Å². The number of aromatic nitrogens is 1. The van der Waals surface area contributed by atoms with E-state index in [1.165, 1.54) is 0 Å². The lowest BCUT2D eigenvalue weighted by Gasteiger charge is -2.04. The quantitative estimate of drug-likeness (QED) is 0.737. The van der Waals surface area contributed by atoms with Crippen molar-refractivity contribution in [3.8, 4) is 0 Å². The molecule has 0 bridgehead atoms. The Balaban J connectivity index is 2.40. The summed E-state index contributed by atoms with van der Waals surface area (Å²) >= 11 is 4.62. The van der Waals surface area contributed by atoms with Gasteiger partial charge < -0.3 is 11.1 Å². The van der Waals surface area contributed by atoms with E-state index in [1.807, 2.05) is 19.1 Å². The van der Waals surface area contributed by atoms with Gasteiger partial charge in [-0.2, -0.15) is 0 Å². The molecule has 0 aromatic carbocycles. The molecule has 5 heteroatoms. The first-order chi connectivity index (χ1) is 7.08. The topological polar surface area (TPSA) is 68.0 Å². The Morgan fingerprint density at radius 3 is 2.87 bits per heavy atom. The summed E-state index contributed by atoms with van der Waals surface area (Å²) in [6, 6.07) is 3.82. The van der Waals surface area contributed by atoms with E-state index in [0.29, 0.717) is 6.54 Å². The predicted octanol–water partition coefficient (Wildman–Crippen LogP) is 0.682. The van der Waals surface area contributed by atoms with Crippen molar-refractivity contribution < 1.29 is 4.79 Å². The number of nitrogens with zero attached hydrogens (tertiary/aromatic N) is 1. The number of pyridine rings is 1. The fourth-order valence-electron chi connectivity index (χ4n) is 1.02. The number of carbonyl (C=O) groups excluding carboxylic acids is 1. The van der Waals surface area contributed by atoms with Crippen molar-refractivity contribution in [2.24, 2.45) is 5.73 Å². The zero-order chi connectivity index (χ0) is 11.3. The molecule has 0 aliphatic heterocycles. The van der Waals surface area contributed by atoms with Gasteiger partial charge in [-0.25, -0.2) is 0 Å². The molecule has 0 saturated carbocycles. The molecule has 0 radical (unpaired) electrons. The summed E-state index contributed by atoms with van der Waals surface area (Å²) in [6.45, 7) is 2.37. The van der Waals surface area contributed by atoms with Crippen LogP contribution in [0, 0.1) is 6.92 Å². The van der Waals surface area contributed by atoms with Crippen molar-refractivity contribution >= 4 is 23.1 Å². The van der Waals surface area contributed by atoms with Crippen molar-refractivity contribution in [1.82, 2.24) is 10.3 Å². The second kappa shape index (κ2) is 5.41. The lowest BCUT2D eigenvalue weighted by Crippen LogP contribution is -2.27. The molecule has 1 amide bonds. The summed E-state index contributed by atoms with van der Waals surface area (Å²) in [4.78, 5) is 15.5. The van der Waals surface area contributed by atoms with E-state index in [9.17, 15) is 4.79 Å². The van der Waals surface area contributed by atoms with Crippen LogP contribution >= 0.6 is 12.2 Å². The first-order valence-electron chi connectivity index (χ1n) is 4.54. The largest absolute Gasteiger partial charge is 0.393 e. The summed E-state index contributed by atoms with van der Waals surface area (Å²) in [6.07, 6.45) is 1.82. The number of hydrogen-bond donors (Lipinski definition) is 2. The van der Waals surface area contributed by atoms with Crippen molar-refractivity contribution in [2.45, 2.75) is 19.9 Å². The fraction of sp³-hybridized carbons (Fsp3) is 0.300. The molecular weight excluding hydrogens is 210 g/mol. The van der Waals surface area contributed by atoms with Crippen LogP contribution in [0.2, 0.25) is 0 Å². The van der Waals surface area contributed by atoms with Gasteiger partial charge >= 0.3 is 0 Å². The smallest absolute Gasteiger partial charge is 0.227 e. The molecular formula is C10H13N3OS. The molecule has 1 rings (SSSR count). The standard InChI is InChI=1S/C10H13N3OS/c1-7-2-3-8(5-12-7)6-13-10(14)4-9(11)15/h2-3,5H,4,6H2,1H3,(H2,11,15)(H,13,14). The number of rotatable bonds is 4. The number of nitrogens with one attached hydrogen (secondary N) is 1. The number of aryl methyl sites for hydroxylation is 1. The number of amides is 1. The lowest BCUT2D eigenvalue weighted by molar-refractivity contribution is -0.120. The van der Waals surface area contributed by atoms with Gasteiger partial charge in [0.1, 0.15) is 0 Å². The minimum atomic E-state index is -0.164. The summed E-state index contributed by atoms with van der Waals surface area (Å²) in [7, 11) is 0. The molecule has 1 aromatic rings. The molecule has 0 saturated heterocycles. The Kier molecular flexibility index (Phi) is 4.17. The molecule has 1 heterocycles. The molecule has 4 nitrogen and oxygen atoms in total. The average molecular weight is 223 g/mol. The third-order valence-electron chi connectivity index (χ3n) is 1.80. The molecule has 0 aliphatic rings. The maximum atomic E-state index is 11.2. The Morgan fingerprint density at radius 2 is 2.33 bits per heavy atom. The summed E-state index contributed by atoms with van der Waals surface area (Å²) < 4.78 is 0. The van der Waals surface area contributed by atoms with E-state index in [4.69, 9.17) is 5.73 Å². The summed E-state index contributed by atoms with van der Waals surface area (Å²) in [5.41, 5.74) is 7.15. The highest BCUT2D eigenvalue weighted by Crippen LogP contribution is 1.98. The second-order valence-corrected chi connectivity index (χ2v) is 3.75. The van der Waals surface area contributed by atoms with Gasteiger partial charge in [-0.15, -0.1) is 0 Å². The first-order valence-corrected chi connectivity index (χ1v) is 4.95. The highest BCUT2D eigenvalue weighted by atomic mass is 32.1. The van der Waals surface area contributed by atoms with Crippen LogP contribution < -0.4 is 11.1 Å². The predicted molar refractivity (Wildman–Crippen MR) is 62.2 cm³/mol. The zero-order valence-corrected chi connectivity index (χ0v) is 9.30. The van der Waals surface area contributed by atoms with Crippen LogP contribution in [0.25, 0.3) is 0 Å². The molecule has 3 N–H and O–H groups in total. The van der Waals surface area contributed by atoms with Crippen molar-refractivity contribution in [1.29, 1.82) is 0 Å². The molecule has 0 atom stereocenters. The second-order valence-electron chi connectivity index (χ2n) is 3.23. The maximum Gasteiger partial charge on any atom is 0.227 e. The van der Waals surface area contributed by atoms with E-state index < -0.39 is 0 Å². The van der Waals surface area contributed by atoms with Crippen LogP contribution in [0.5, 0.6) is 0 Å². The molecule has 0 fully saturated rings. The van der Waals surface area contributed by atoms with Gasteiger partial charge in [0.25, 0.3) is 0 Å². The number of hydrogen-bond acceptors (Lipinski definition) is 3. The van der Waals surface area contributed by atoms with Gasteiger partial charge in [0, 0.05) is 18.4 Å². The van der Waals surface area contributed by atoms with E-state index >= 15 is 0 Å². The minimum absolute atomic E-state index is 0.0919. The molecule has 15 heavy (non-hydrogen) atoms. The third kappa shape index (κ3) is 4.51. The number of carbonyl (C=O) groups is 1. The van der Waals surface area contributed by atoms with E-state index in [2.05, 4.69) is 22.5 Å². The Labute approximate surface area is 93.9 Å².